The Bertz CT molecular complexity index is 458. The lowest BCUT2D eigenvalue weighted by Gasteiger charge is -2.23. The first-order valence-corrected chi connectivity index (χ1v) is 6.88. The number of quaternary nitrogens is 1. The number of rotatable bonds is 5. The lowest BCUT2D eigenvalue weighted by molar-refractivity contribution is -0.870. The Morgan fingerprint density at radius 2 is 1.65 bits per heavy atom. The molecule has 0 aliphatic heterocycles. The molecule has 1 aromatic carbocycles. The molecule has 0 amide bonds. The van der Waals surface area contributed by atoms with Gasteiger partial charge in [-0.05, 0) is 19.1 Å². The first kappa shape index (κ1) is 14.2. The van der Waals surface area contributed by atoms with Crippen LogP contribution in [-0.4, -0.2) is 47.2 Å². The maximum atomic E-state index is 11.8. The standard InChI is InChI=1S/C12H20NO3S/c1-11-5-7-12(8-6-11)17(14,15)16-10-9-13(2,3)4/h5-8H,9-10H2,1-4H3/q+1. The lowest BCUT2D eigenvalue weighted by atomic mass is 10.2. The number of hydrogen-bond acceptors (Lipinski definition) is 3. The van der Waals surface area contributed by atoms with E-state index in [0.29, 0.717) is 11.0 Å². The average Bonchev–Trinajstić information content (AvgIpc) is 2.15. The zero-order valence-corrected chi connectivity index (χ0v) is 11.6. The minimum atomic E-state index is -3.61. The molecule has 96 valence electrons. The van der Waals surface area contributed by atoms with Crippen LogP contribution < -0.4 is 0 Å². The van der Waals surface area contributed by atoms with Gasteiger partial charge in [-0.25, -0.2) is 0 Å². The van der Waals surface area contributed by atoms with Crippen LogP contribution in [0.5, 0.6) is 0 Å². The van der Waals surface area contributed by atoms with E-state index in [4.69, 9.17) is 4.18 Å². The Morgan fingerprint density at radius 1 is 1.12 bits per heavy atom. The topological polar surface area (TPSA) is 43.4 Å². The van der Waals surface area contributed by atoms with Gasteiger partial charge in [0.25, 0.3) is 10.1 Å². The normalized spacial score (nSPS) is 12.7. The van der Waals surface area contributed by atoms with Crippen molar-refractivity contribution in [2.45, 2.75) is 11.8 Å². The molecule has 1 aromatic rings. The smallest absolute Gasteiger partial charge is 0.297 e. The van der Waals surface area contributed by atoms with Gasteiger partial charge in [0.15, 0.2) is 0 Å². The third kappa shape index (κ3) is 4.85. The lowest BCUT2D eigenvalue weighted by Crippen LogP contribution is -2.38. The van der Waals surface area contributed by atoms with Crippen LogP contribution in [-0.2, 0) is 14.3 Å². The highest BCUT2D eigenvalue weighted by molar-refractivity contribution is 7.86. The molecule has 0 aliphatic carbocycles. The molecule has 0 heterocycles. The van der Waals surface area contributed by atoms with Crippen molar-refractivity contribution in [1.29, 1.82) is 0 Å². The van der Waals surface area contributed by atoms with Gasteiger partial charge in [-0.1, -0.05) is 17.7 Å². The van der Waals surface area contributed by atoms with E-state index in [2.05, 4.69) is 0 Å². The number of hydrogen-bond donors (Lipinski definition) is 0. The van der Waals surface area contributed by atoms with Gasteiger partial charge in [-0.15, -0.1) is 0 Å². The molecule has 0 spiro atoms. The van der Waals surface area contributed by atoms with E-state index < -0.39 is 10.1 Å². The Morgan fingerprint density at radius 3 is 2.12 bits per heavy atom. The summed E-state index contributed by atoms with van der Waals surface area (Å²) < 4.78 is 29.3. The van der Waals surface area contributed by atoms with E-state index in [1.54, 1.807) is 24.3 Å². The van der Waals surface area contributed by atoms with Gasteiger partial charge in [0, 0.05) is 0 Å². The van der Waals surface area contributed by atoms with Crippen LogP contribution in [0.4, 0.5) is 0 Å². The number of aryl methyl sites for hydroxylation is 1. The second-order valence-corrected chi connectivity index (χ2v) is 6.72. The van der Waals surface area contributed by atoms with Gasteiger partial charge < -0.3 is 4.48 Å². The Balaban J connectivity index is 2.66. The molecule has 0 radical (unpaired) electrons. The fourth-order valence-corrected chi connectivity index (χ4v) is 2.09. The maximum Gasteiger partial charge on any atom is 0.297 e. The summed E-state index contributed by atoms with van der Waals surface area (Å²) in [5.74, 6) is 0. The largest absolute Gasteiger partial charge is 0.329 e. The first-order valence-electron chi connectivity index (χ1n) is 5.47. The predicted molar refractivity (Wildman–Crippen MR) is 67.2 cm³/mol. The number of nitrogens with zero attached hydrogens (tertiary/aromatic N) is 1. The third-order valence-electron chi connectivity index (χ3n) is 2.31. The zero-order chi connectivity index (χ0) is 13.1. The van der Waals surface area contributed by atoms with Crippen LogP contribution in [0.1, 0.15) is 5.56 Å². The Kier molecular flexibility index (Phi) is 4.30. The van der Waals surface area contributed by atoms with Crippen LogP contribution >= 0.6 is 0 Å². The van der Waals surface area contributed by atoms with E-state index in [0.717, 1.165) is 5.56 Å². The summed E-state index contributed by atoms with van der Waals surface area (Å²) in [6.07, 6.45) is 0. The first-order chi connectivity index (χ1) is 7.71. The van der Waals surface area contributed by atoms with E-state index in [1.165, 1.54) is 0 Å². The molecular weight excluding hydrogens is 238 g/mol. The molecule has 4 nitrogen and oxygen atoms in total. The molecule has 0 saturated carbocycles. The van der Waals surface area contributed by atoms with Crippen molar-refractivity contribution in [2.75, 3.05) is 34.3 Å². The Hall–Kier alpha value is -0.910. The molecule has 1 rings (SSSR count). The molecule has 0 aliphatic rings. The van der Waals surface area contributed by atoms with Gasteiger partial charge >= 0.3 is 0 Å². The van der Waals surface area contributed by atoms with Crippen molar-refractivity contribution in [3.8, 4) is 0 Å². The van der Waals surface area contributed by atoms with Gasteiger partial charge in [0.2, 0.25) is 0 Å². The summed E-state index contributed by atoms with van der Waals surface area (Å²) in [7, 11) is 2.35. The van der Waals surface area contributed by atoms with Crippen LogP contribution in [0, 0.1) is 6.92 Å². The van der Waals surface area contributed by atoms with Crippen LogP contribution in [0.2, 0.25) is 0 Å². The third-order valence-corrected chi connectivity index (χ3v) is 3.64. The maximum absolute atomic E-state index is 11.8. The number of likely N-dealkylation sites (N-methyl/N-ethyl adjacent to an activating group) is 1. The van der Waals surface area contributed by atoms with Gasteiger partial charge in [-0.3, -0.25) is 4.18 Å². The molecule has 0 N–H and O–H groups in total. The van der Waals surface area contributed by atoms with Gasteiger partial charge in [0.05, 0.1) is 26.0 Å². The van der Waals surface area contributed by atoms with Crippen LogP contribution in [0.3, 0.4) is 0 Å². The number of benzene rings is 1. The SMILES string of the molecule is Cc1ccc(S(=O)(=O)OCC[N+](C)(C)C)cc1. The van der Waals surface area contributed by atoms with E-state index in [1.807, 2.05) is 28.1 Å². The summed E-state index contributed by atoms with van der Waals surface area (Å²) in [5, 5.41) is 0. The van der Waals surface area contributed by atoms with E-state index >= 15 is 0 Å². The monoisotopic (exact) mass is 258 g/mol. The molecule has 5 heteroatoms. The molecule has 0 aromatic heterocycles. The van der Waals surface area contributed by atoms with Crippen molar-refractivity contribution < 1.29 is 17.1 Å². The second-order valence-electron chi connectivity index (χ2n) is 5.10. The minimum absolute atomic E-state index is 0.194. The van der Waals surface area contributed by atoms with Crippen LogP contribution in [0.15, 0.2) is 29.2 Å². The van der Waals surface area contributed by atoms with Crippen LogP contribution in [0.25, 0.3) is 0 Å². The Labute approximate surface area is 104 Å². The molecule has 0 saturated heterocycles. The average molecular weight is 258 g/mol. The summed E-state index contributed by atoms with van der Waals surface area (Å²) in [6.45, 7) is 2.75. The van der Waals surface area contributed by atoms with Crippen molar-refractivity contribution in [1.82, 2.24) is 0 Å². The summed E-state index contributed by atoms with van der Waals surface area (Å²) in [4.78, 5) is 0.213. The van der Waals surface area contributed by atoms with Crippen molar-refractivity contribution in [3.05, 3.63) is 29.8 Å². The van der Waals surface area contributed by atoms with Crippen molar-refractivity contribution in [2.24, 2.45) is 0 Å². The molecule has 0 fully saturated rings. The highest BCUT2D eigenvalue weighted by Crippen LogP contribution is 2.13. The van der Waals surface area contributed by atoms with Gasteiger partial charge in [0.1, 0.15) is 13.2 Å². The van der Waals surface area contributed by atoms with E-state index in [-0.39, 0.29) is 11.5 Å². The second kappa shape index (κ2) is 5.16. The van der Waals surface area contributed by atoms with Crippen molar-refractivity contribution >= 4 is 10.1 Å². The summed E-state index contributed by atoms with van der Waals surface area (Å²) in [6, 6.07) is 6.65. The molecule has 0 unspecified atom stereocenters. The zero-order valence-electron chi connectivity index (χ0n) is 10.8. The fourth-order valence-electron chi connectivity index (χ4n) is 1.19. The molecular formula is C12H20NO3S+. The summed E-state index contributed by atoms with van der Waals surface area (Å²) >= 11 is 0. The highest BCUT2D eigenvalue weighted by Gasteiger charge is 2.16. The summed E-state index contributed by atoms with van der Waals surface area (Å²) in [5.41, 5.74) is 1.02. The molecule has 0 bridgehead atoms. The highest BCUT2D eigenvalue weighted by atomic mass is 32.2. The fraction of sp³-hybridized carbons (Fsp3) is 0.500. The predicted octanol–water partition coefficient (Wildman–Crippen LogP) is 1.41. The minimum Gasteiger partial charge on any atom is -0.329 e. The van der Waals surface area contributed by atoms with Gasteiger partial charge in [-0.2, -0.15) is 8.42 Å². The molecule has 0 atom stereocenters. The van der Waals surface area contributed by atoms with E-state index in [9.17, 15) is 8.42 Å². The quantitative estimate of drug-likeness (QED) is 0.592. The van der Waals surface area contributed by atoms with Crippen molar-refractivity contribution in [3.63, 3.8) is 0 Å². The molecule has 17 heavy (non-hydrogen) atoms.